The van der Waals surface area contributed by atoms with E-state index in [2.05, 4.69) is 26.9 Å². The summed E-state index contributed by atoms with van der Waals surface area (Å²) in [5, 5.41) is 0. The summed E-state index contributed by atoms with van der Waals surface area (Å²) in [6, 6.07) is 6.07. The van der Waals surface area contributed by atoms with Crippen LogP contribution in [0.2, 0.25) is 0 Å². The van der Waals surface area contributed by atoms with Crippen molar-refractivity contribution >= 4 is 38.8 Å². The predicted octanol–water partition coefficient (Wildman–Crippen LogP) is 2.56. The van der Waals surface area contributed by atoms with Crippen LogP contribution in [0.25, 0.3) is 0 Å². The van der Waals surface area contributed by atoms with Gasteiger partial charge in [-0.3, -0.25) is 0 Å². The molecule has 5 heteroatoms. The number of halogens is 1. The second-order valence-corrected chi connectivity index (χ2v) is 5.85. The highest BCUT2D eigenvalue weighted by molar-refractivity contribution is 9.10. The number of thiocarbonyl (C=S) groups is 1. The summed E-state index contributed by atoms with van der Waals surface area (Å²) in [5.41, 5.74) is 7.88. The summed E-state index contributed by atoms with van der Waals surface area (Å²) in [6.07, 6.45) is 1.15. The summed E-state index contributed by atoms with van der Waals surface area (Å²) in [7, 11) is 1.75. The standard InChI is InChI=1S/C13H17BrN2OS/c1-17-8-9-5-6-16(7-9)11-4-2-3-10(14)12(11)13(15)18/h2-4,9H,5-8H2,1H3,(H2,15,18). The van der Waals surface area contributed by atoms with E-state index in [4.69, 9.17) is 22.7 Å². The Morgan fingerprint density at radius 3 is 3.06 bits per heavy atom. The molecule has 0 aromatic heterocycles. The molecule has 1 unspecified atom stereocenters. The van der Waals surface area contributed by atoms with E-state index in [1.54, 1.807) is 7.11 Å². The third-order valence-corrected chi connectivity index (χ3v) is 4.13. The van der Waals surface area contributed by atoms with Gasteiger partial charge in [-0.05, 0) is 34.5 Å². The van der Waals surface area contributed by atoms with Crippen molar-refractivity contribution in [2.24, 2.45) is 11.7 Å². The van der Waals surface area contributed by atoms with Crippen molar-refractivity contribution in [1.29, 1.82) is 0 Å². The van der Waals surface area contributed by atoms with Gasteiger partial charge in [-0.1, -0.05) is 18.3 Å². The van der Waals surface area contributed by atoms with Gasteiger partial charge in [0.05, 0.1) is 6.61 Å². The fraction of sp³-hybridized carbons (Fsp3) is 0.462. The minimum absolute atomic E-state index is 0.438. The van der Waals surface area contributed by atoms with Crippen molar-refractivity contribution in [1.82, 2.24) is 0 Å². The number of hydrogen-bond acceptors (Lipinski definition) is 3. The number of ether oxygens (including phenoxy) is 1. The van der Waals surface area contributed by atoms with Crippen LogP contribution in [0.3, 0.4) is 0 Å². The molecule has 18 heavy (non-hydrogen) atoms. The van der Waals surface area contributed by atoms with Crippen LogP contribution in [0, 0.1) is 5.92 Å². The molecule has 1 aromatic rings. The normalized spacial score (nSPS) is 19.2. The Kier molecular flexibility index (Phi) is 4.59. The highest BCUT2D eigenvalue weighted by Gasteiger charge is 2.25. The van der Waals surface area contributed by atoms with Gasteiger partial charge in [0, 0.05) is 41.8 Å². The largest absolute Gasteiger partial charge is 0.389 e. The molecule has 98 valence electrons. The van der Waals surface area contributed by atoms with Crippen molar-refractivity contribution in [3.05, 3.63) is 28.2 Å². The summed E-state index contributed by atoms with van der Waals surface area (Å²) >= 11 is 8.67. The topological polar surface area (TPSA) is 38.5 Å². The van der Waals surface area contributed by atoms with E-state index >= 15 is 0 Å². The summed E-state index contributed by atoms with van der Waals surface area (Å²) in [5.74, 6) is 0.591. The molecular formula is C13H17BrN2OS. The average Bonchev–Trinajstić information content (AvgIpc) is 2.77. The van der Waals surface area contributed by atoms with E-state index in [1.165, 1.54) is 0 Å². The van der Waals surface area contributed by atoms with Crippen LogP contribution in [-0.2, 0) is 4.74 Å². The maximum absolute atomic E-state index is 5.83. The lowest BCUT2D eigenvalue weighted by atomic mass is 10.1. The molecule has 1 heterocycles. The first-order valence-corrected chi connectivity index (χ1v) is 7.15. The third-order valence-electron chi connectivity index (χ3n) is 3.27. The SMILES string of the molecule is COCC1CCN(c2cccc(Br)c2C(N)=S)C1. The van der Waals surface area contributed by atoms with Gasteiger partial charge in [0.1, 0.15) is 4.99 Å². The zero-order valence-electron chi connectivity index (χ0n) is 10.4. The molecule has 1 aliphatic rings. The second-order valence-electron chi connectivity index (χ2n) is 4.55. The molecule has 3 nitrogen and oxygen atoms in total. The Labute approximate surface area is 121 Å². The van der Waals surface area contributed by atoms with Crippen LogP contribution < -0.4 is 10.6 Å². The molecule has 0 saturated carbocycles. The Morgan fingerprint density at radius 1 is 1.61 bits per heavy atom. The molecule has 1 atom stereocenters. The number of benzene rings is 1. The molecule has 1 saturated heterocycles. The summed E-state index contributed by atoms with van der Waals surface area (Å²) in [4.78, 5) is 2.77. The molecular weight excluding hydrogens is 312 g/mol. The molecule has 0 amide bonds. The first-order valence-electron chi connectivity index (χ1n) is 5.95. The first-order chi connectivity index (χ1) is 8.63. The van der Waals surface area contributed by atoms with E-state index in [1.807, 2.05) is 12.1 Å². The van der Waals surface area contributed by atoms with E-state index in [0.29, 0.717) is 10.9 Å². The Hall–Kier alpha value is -0.650. The molecule has 2 rings (SSSR count). The number of hydrogen-bond donors (Lipinski definition) is 1. The van der Waals surface area contributed by atoms with E-state index in [-0.39, 0.29) is 0 Å². The predicted molar refractivity (Wildman–Crippen MR) is 82.2 cm³/mol. The molecule has 1 fully saturated rings. The molecule has 0 aliphatic carbocycles. The zero-order valence-corrected chi connectivity index (χ0v) is 12.8. The van der Waals surface area contributed by atoms with Gasteiger partial charge < -0.3 is 15.4 Å². The van der Waals surface area contributed by atoms with Crippen molar-refractivity contribution in [2.75, 3.05) is 31.7 Å². The van der Waals surface area contributed by atoms with Gasteiger partial charge in [0.2, 0.25) is 0 Å². The lowest BCUT2D eigenvalue weighted by Gasteiger charge is -2.22. The van der Waals surface area contributed by atoms with E-state index in [0.717, 1.165) is 41.8 Å². The van der Waals surface area contributed by atoms with E-state index in [9.17, 15) is 0 Å². The van der Waals surface area contributed by atoms with Crippen molar-refractivity contribution in [3.63, 3.8) is 0 Å². The molecule has 1 aromatic carbocycles. The maximum atomic E-state index is 5.83. The van der Waals surface area contributed by atoms with Crippen LogP contribution >= 0.6 is 28.1 Å². The molecule has 0 radical (unpaired) electrons. The van der Waals surface area contributed by atoms with Gasteiger partial charge in [-0.15, -0.1) is 0 Å². The first kappa shape index (κ1) is 13.8. The molecule has 2 N–H and O–H groups in total. The lowest BCUT2D eigenvalue weighted by Crippen LogP contribution is -2.24. The van der Waals surface area contributed by atoms with Crippen LogP contribution in [0.4, 0.5) is 5.69 Å². The summed E-state index contributed by atoms with van der Waals surface area (Å²) in [6.45, 7) is 2.84. The zero-order chi connectivity index (χ0) is 13.1. The van der Waals surface area contributed by atoms with Crippen molar-refractivity contribution < 1.29 is 4.74 Å². The fourth-order valence-corrected chi connectivity index (χ4v) is 3.36. The highest BCUT2D eigenvalue weighted by atomic mass is 79.9. The number of methoxy groups -OCH3 is 1. The highest BCUT2D eigenvalue weighted by Crippen LogP contribution is 2.31. The monoisotopic (exact) mass is 328 g/mol. The van der Waals surface area contributed by atoms with E-state index < -0.39 is 0 Å². The number of nitrogens with zero attached hydrogens (tertiary/aromatic N) is 1. The Morgan fingerprint density at radius 2 is 2.39 bits per heavy atom. The molecule has 0 spiro atoms. The molecule has 1 aliphatic heterocycles. The minimum atomic E-state index is 0.438. The van der Waals surface area contributed by atoms with Crippen LogP contribution in [-0.4, -0.2) is 31.8 Å². The number of anilines is 1. The van der Waals surface area contributed by atoms with Crippen LogP contribution in [0.5, 0.6) is 0 Å². The number of nitrogens with two attached hydrogens (primary N) is 1. The third kappa shape index (κ3) is 2.84. The molecule has 0 bridgehead atoms. The van der Waals surface area contributed by atoms with Gasteiger partial charge in [-0.25, -0.2) is 0 Å². The van der Waals surface area contributed by atoms with Gasteiger partial charge in [0.25, 0.3) is 0 Å². The Balaban J connectivity index is 2.24. The number of rotatable bonds is 4. The van der Waals surface area contributed by atoms with Gasteiger partial charge in [-0.2, -0.15) is 0 Å². The maximum Gasteiger partial charge on any atom is 0.107 e. The van der Waals surface area contributed by atoms with Crippen LogP contribution in [0.1, 0.15) is 12.0 Å². The van der Waals surface area contributed by atoms with Gasteiger partial charge >= 0.3 is 0 Å². The fourth-order valence-electron chi connectivity index (χ4n) is 2.44. The lowest BCUT2D eigenvalue weighted by molar-refractivity contribution is 0.161. The smallest absolute Gasteiger partial charge is 0.107 e. The van der Waals surface area contributed by atoms with Crippen LogP contribution in [0.15, 0.2) is 22.7 Å². The van der Waals surface area contributed by atoms with Gasteiger partial charge in [0.15, 0.2) is 0 Å². The Bertz CT molecular complexity index is 453. The quantitative estimate of drug-likeness (QED) is 0.862. The average molecular weight is 329 g/mol. The second kappa shape index (κ2) is 5.99. The minimum Gasteiger partial charge on any atom is -0.389 e. The summed E-state index contributed by atoms with van der Waals surface area (Å²) < 4.78 is 6.19. The van der Waals surface area contributed by atoms with Crippen molar-refractivity contribution in [2.45, 2.75) is 6.42 Å². The van der Waals surface area contributed by atoms with Crippen molar-refractivity contribution in [3.8, 4) is 0 Å².